The van der Waals surface area contributed by atoms with E-state index in [0.29, 0.717) is 0 Å². The molecule has 0 amide bonds. The van der Waals surface area contributed by atoms with Crippen molar-refractivity contribution in [1.29, 1.82) is 0 Å². The van der Waals surface area contributed by atoms with Crippen LogP contribution in [0.25, 0.3) is 76.5 Å². The Morgan fingerprint density at radius 1 is 0.400 bits per heavy atom. The van der Waals surface area contributed by atoms with E-state index in [1.807, 2.05) is 36.7 Å². The number of nitrogens with zero attached hydrogens (tertiary/aromatic N) is 2. The van der Waals surface area contributed by atoms with E-state index in [4.69, 9.17) is 9.40 Å². The van der Waals surface area contributed by atoms with E-state index in [-0.39, 0.29) is 0 Å². The second-order valence-corrected chi connectivity index (χ2v) is 12.8. The van der Waals surface area contributed by atoms with Gasteiger partial charge in [0.15, 0.2) is 5.58 Å². The van der Waals surface area contributed by atoms with Crippen LogP contribution in [0.3, 0.4) is 0 Å². The molecule has 0 N–H and O–H groups in total. The second kappa shape index (κ2) is 11.5. The third-order valence-corrected chi connectivity index (χ3v) is 9.92. The fourth-order valence-electron chi connectivity index (χ4n) is 7.46. The number of aromatic nitrogens is 1. The molecule has 0 aliphatic rings. The lowest BCUT2D eigenvalue weighted by atomic mass is 9.94. The standard InChI is InChI=1S/C47H30N2O/c1-2-8-31(9-3-1)32-18-23-38(24-19-32)49(44-30-48-29-43-42-12-6-7-13-45(42)50-47(43)44)39-25-20-33(21-26-39)36-22-27-41-37(28-36)17-16-35-15-14-34-10-4-5-11-40(34)46(35)41/h1-30H. The number of hydrogen-bond donors (Lipinski definition) is 0. The molecule has 2 aromatic heterocycles. The van der Waals surface area contributed by atoms with E-state index in [9.17, 15) is 0 Å². The molecule has 0 bridgehead atoms. The summed E-state index contributed by atoms with van der Waals surface area (Å²) in [6.45, 7) is 0. The van der Waals surface area contributed by atoms with Crippen LogP contribution >= 0.6 is 0 Å². The van der Waals surface area contributed by atoms with E-state index in [1.54, 1.807) is 0 Å². The Morgan fingerprint density at radius 2 is 0.980 bits per heavy atom. The van der Waals surface area contributed by atoms with E-state index in [0.717, 1.165) is 44.6 Å². The Bertz CT molecular complexity index is 2850. The first kappa shape index (κ1) is 28.3. The normalized spacial score (nSPS) is 11.6. The van der Waals surface area contributed by atoms with Crippen LogP contribution in [0.1, 0.15) is 0 Å². The second-order valence-electron chi connectivity index (χ2n) is 12.8. The molecule has 2 heterocycles. The number of fused-ring (bicyclic) bond motifs is 8. The number of furan rings is 1. The van der Waals surface area contributed by atoms with Crippen molar-refractivity contribution in [1.82, 2.24) is 4.98 Å². The highest BCUT2D eigenvalue weighted by molar-refractivity contribution is 6.20. The van der Waals surface area contributed by atoms with Gasteiger partial charge in [0, 0.05) is 28.3 Å². The van der Waals surface area contributed by atoms with Gasteiger partial charge in [0.25, 0.3) is 0 Å². The summed E-state index contributed by atoms with van der Waals surface area (Å²) in [6, 6.07) is 60.6. The number of benzene rings is 8. The molecule has 10 aromatic rings. The molecule has 0 radical (unpaired) electrons. The Balaban J connectivity index is 1.09. The molecule has 0 saturated carbocycles. The van der Waals surface area contributed by atoms with Crippen LogP contribution < -0.4 is 4.90 Å². The Kier molecular flexibility index (Phi) is 6.49. The first-order valence-corrected chi connectivity index (χ1v) is 16.9. The van der Waals surface area contributed by atoms with Gasteiger partial charge in [-0.15, -0.1) is 0 Å². The van der Waals surface area contributed by atoms with Gasteiger partial charge in [-0.3, -0.25) is 4.98 Å². The zero-order valence-electron chi connectivity index (χ0n) is 27.1. The van der Waals surface area contributed by atoms with Crippen LogP contribution in [-0.4, -0.2) is 4.98 Å². The minimum atomic E-state index is 0.812. The van der Waals surface area contributed by atoms with Gasteiger partial charge in [0.2, 0.25) is 0 Å². The number of hydrogen-bond acceptors (Lipinski definition) is 3. The van der Waals surface area contributed by atoms with Gasteiger partial charge >= 0.3 is 0 Å². The molecule has 50 heavy (non-hydrogen) atoms. The summed E-state index contributed by atoms with van der Waals surface area (Å²) in [6.07, 6.45) is 3.80. The Labute approximate surface area is 289 Å². The highest BCUT2D eigenvalue weighted by atomic mass is 16.3. The van der Waals surface area contributed by atoms with Gasteiger partial charge in [0.1, 0.15) is 11.3 Å². The smallest absolute Gasteiger partial charge is 0.162 e. The highest BCUT2D eigenvalue weighted by Crippen LogP contribution is 2.42. The molecular weight excluding hydrogens is 609 g/mol. The van der Waals surface area contributed by atoms with Gasteiger partial charge in [-0.05, 0) is 91.0 Å². The number of pyridine rings is 1. The van der Waals surface area contributed by atoms with Crippen molar-refractivity contribution < 1.29 is 4.42 Å². The van der Waals surface area contributed by atoms with E-state index >= 15 is 0 Å². The van der Waals surface area contributed by atoms with Crippen LogP contribution in [-0.2, 0) is 0 Å². The van der Waals surface area contributed by atoms with Gasteiger partial charge in [-0.25, -0.2) is 0 Å². The van der Waals surface area contributed by atoms with Gasteiger partial charge in [0.05, 0.1) is 6.20 Å². The Morgan fingerprint density at radius 3 is 1.76 bits per heavy atom. The van der Waals surface area contributed by atoms with Crippen molar-refractivity contribution in [3.05, 3.63) is 182 Å². The number of para-hydroxylation sites is 1. The maximum absolute atomic E-state index is 6.51. The molecule has 0 aliphatic heterocycles. The van der Waals surface area contributed by atoms with E-state index < -0.39 is 0 Å². The van der Waals surface area contributed by atoms with Crippen LogP contribution in [0.2, 0.25) is 0 Å². The first-order chi connectivity index (χ1) is 24.8. The predicted octanol–water partition coefficient (Wildman–Crippen LogP) is 13.2. The number of anilines is 3. The third-order valence-electron chi connectivity index (χ3n) is 9.92. The van der Waals surface area contributed by atoms with E-state index in [2.05, 4.69) is 150 Å². The molecule has 234 valence electrons. The molecule has 0 spiro atoms. The summed E-state index contributed by atoms with van der Waals surface area (Å²) in [7, 11) is 0. The summed E-state index contributed by atoms with van der Waals surface area (Å²) in [5.74, 6) is 0. The molecule has 3 nitrogen and oxygen atoms in total. The van der Waals surface area contributed by atoms with E-state index in [1.165, 1.54) is 49.0 Å². The van der Waals surface area contributed by atoms with Crippen LogP contribution in [0.15, 0.2) is 187 Å². The molecule has 10 rings (SSSR count). The maximum atomic E-state index is 6.51. The third kappa shape index (κ3) is 4.63. The fourth-order valence-corrected chi connectivity index (χ4v) is 7.46. The summed E-state index contributed by atoms with van der Waals surface area (Å²) in [5, 5.41) is 9.69. The van der Waals surface area contributed by atoms with Crippen molar-refractivity contribution in [3.8, 4) is 22.3 Å². The largest absolute Gasteiger partial charge is 0.454 e. The molecule has 0 saturated heterocycles. The van der Waals surface area contributed by atoms with Gasteiger partial charge < -0.3 is 9.32 Å². The van der Waals surface area contributed by atoms with Crippen LogP contribution in [0.4, 0.5) is 17.1 Å². The summed E-state index contributed by atoms with van der Waals surface area (Å²) in [4.78, 5) is 6.95. The zero-order valence-corrected chi connectivity index (χ0v) is 27.1. The SMILES string of the molecule is c1ccc(-c2ccc(N(c3ccc(-c4ccc5c(ccc6ccc7ccccc7c65)c4)cc3)c3cncc4c3oc3ccccc34)cc2)cc1. The van der Waals surface area contributed by atoms with Crippen LogP contribution in [0.5, 0.6) is 0 Å². The molecule has 3 heteroatoms. The molecule has 0 atom stereocenters. The molecule has 0 aliphatic carbocycles. The monoisotopic (exact) mass is 638 g/mol. The van der Waals surface area contributed by atoms with Crippen LogP contribution in [0, 0.1) is 0 Å². The summed E-state index contributed by atoms with van der Waals surface area (Å²) in [5.41, 5.74) is 9.30. The lowest BCUT2D eigenvalue weighted by molar-refractivity contribution is 0.668. The molecule has 0 fully saturated rings. The maximum Gasteiger partial charge on any atom is 0.162 e. The minimum Gasteiger partial charge on any atom is -0.454 e. The topological polar surface area (TPSA) is 29.3 Å². The lowest BCUT2D eigenvalue weighted by Gasteiger charge is -2.25. The minimum absolute atomic E-state index is 0.812. The average Bonchev–Trinajstić information content (AvgIpc) is 3.58. The highest BCUT2D eigenvalue weighted by Gasteiger charge is 2.20. The summed E-state index contributed by atoms with van der Waals surface area (Å²) >= 11 is 0. The zero-order chi connectivity index (χ0) is 33.0. The van der Waals surface area contributed by atoms with Gasteiger partial charge in [-0.2, -0.15) is 0 Å². The van der Waals surface area contributed by atoms with Gasteiger partial charge in [-0.1, -0.05) is 133 Å². The summed E-state index contributed by atoms with van der Waals surface area (Å²) < 4.78 is 6.51. The number of rotatable bonds is 5. The predicted molar refractivity (Wildman–Crippen MR) is 210 cm³/mol. The molecule has 0 unspecified atom stereocenters. The van der Waals surface area contributed by atoms with Crippen molar-refractivity contribution in [2.45, 2.75) is 0 Å². The molecular formula is C47H30N2O. The fraction of sp³-hybridized carbons (Fsp3) is 0. The molecule has 8 aromatic carbocycles. The van der Waals surface area contributed by atoms with Crippen molar-refractivity contribution in [3.63, 3.8) is 0 Å². The van der Waals surface area contributed by atoms with Crippen molar-refractivity contribution in [2.24, 2.45) is 0 Å². The van der Waals surface area contributed by atoms with Crippen molar-refractivity contribution in [2.75, 3.05) is 4.90 Å². The average molecular weight is 639 g/mol. The quantitative estimate of drug-likeness (QED) is 0.176. The first-order valence-electron chi connectivity index (χ1n) is 16.9. The van der Waals surface area contributed by atoms with Crippen molar-refractivity contribution >= 4 is 71.3 Å². The lowest BCUT2D eigenvalue weighted by Crippen LogP contribution is -2.10. The Hall–Kier alpha value is -6.71.